The number of piperidine rings is 1. The highest BCUT2D eigenvalue weighted by molar-refractivity contribution is 5.73. The van der Waals surface area contributed by atoms with E-state index in [9.17, 15) is 4.79 Å². The van der Waals surface area contributed by atoms with E-state index in [0.717, 1.165) is 13.0 Å². The molecule has 2 atom stereocenters. The lowest BCUT2D eigenvalue weighted by Crippen LogP contribution is -2.51. The van der Waals surface area contributed by atoms with Crippen molar-refractivity contribution in [2.24, 2.45) is 11.7 Å². The molecule has 0 saturated carbocycles. The minimum absolute atomic E-state index is 0.0167. The predicted octanol–water partition coefficient (Wildman–Crippen LogP) is -0.00510. The van der Waals surface area contributed by atoms with Gasteiger partial charge in [-0.1, -0.05) is 6.92 Å². The van der Waals surface area contributed by atoms with Crippen molar-refractivity contribution in [2.75, 3.05) is 20.1 Å². The molecule has 1 aliphatic heterocycles. The number of nitrogens with two attached hydrogens (primary N) is 1. The molecular weight excluding hydrogens is 154 g/mol. The fraction of sp³-hybridized carbons (Fsp3) is 0.875. The highest BCUT2D eigenvalue weighted by atomic mass is 16.2. The van der Waals surface area contributed by atoms with Gasteiger partial charge in [0.15, 0.2) is 0 Å². The Bertz CT molecular complexity index is 162. The maximum absolute atomic E-state index is 11.2. The number of nitrogens with one attached hydrogen (secondary N) is 1. The number of likely N-dealkylation sites (tertiary alicyclic amines) is 1. The fourth-order valence-electron chi connectivity index (χ4n) is 1.72. The van der Waals surface area contributed by atoms with Crippen molar-refractivity contribution in [2.45, 2.75) is 19.4 Å². The normalized spacial score (nSPS) is 30.1. The molecule has 1 aliphatic rings. The SMILES string of the molecule is CNC(=O)N1CC(C)CC(N)C1. The molecule has 1 rings (SSSR count). The lowest BCUT2D eigenvalue weighted by molar-refractivity contribution is 0.162. The molecule has 0 aromatic carbocycles. The zero-order valence-electron chi connectivity index (χ0n) is 7.71. The van der Waals surface area contributed by atoms with Crippen molar-refractivity contribution in [1.82, 2.24) is 10.2 Å². The second-order valence-corrected chi connectivity index (χ2v) is 3.56. The Morgan fingerprint density at radius 1 is 1.58 bits per heavy atom. The molecule has 2 amide bonds. The maximum atomic E-state index is 11.2. The molecule has 4 nitrogen and oxygen atoms in total. The molecule has 0 aromatic heterocycles. The summed E-state index contributed by atoms with van der Waals surface area (Å²) < 4.78 is 0. The standard InChI is InChI=1S/C8H17N3O/c1-6-3-7(9)5-11(4-6)8(12)10-2/h6-7H,3-5,9H2,1-2H3,(H,10,12). The minimum atomic E-state index is -0.0167. The van der Waals surface area contributed by atoms with Crippen LogP contribution in [0.25, 0.3) is 0 Å². The van der Waals surface area contributed by atoms with Crippen LogP contribution in [0.2, 0.25) is 0 Å². The molecular formula is C8H17N3O. The van der Waals surface area contributed by atoms with E-state index < -0.39 is 0 Å². The highest BCUT2D eigenvalue weighted by Crippen LogP contribution is 2.14. The third-order valence-electron chi connectivity index (χ3n) is 2.19. The van der Waals surface area contributed by atoms with Gasteiger partial charge in [-0.05, 0) is 12.3 Å². The van der Waals surface area contributed by atoms with Crippen molar-refractivity contribution in [1.29, 1.82) is 0 Å². The van der Waals surface area contributed by atoms with Gasteiger partial charge in [0, 0.05) is 26.2 Å². The Hall–Kier alpha value is -0.770. The van der Waals surface area contributed by atoms with E-state index in [1.165, 1.54) is 0 Å². The third-order valence-corrected chi connectivity index (χ3v) is 2.19. The Labute approximate surface area is 73.1 Å². The van der Waals surface area contributed by atoms with Crippen LogP contribution in [0, 0.1) is 5.92 Å². The zero-order chi connectivity index (χ0) is 9.14. The van der Waals surface area contributed by atoms with Crippen molar-refractivity contribution >= 4 is 6.03 Å². The van der Waals surface area contributed by atoms with Crippen LogP contribution in [-0.4, -0.2) is 37.1 Å². The topological polar surface area (TPSA) is 58.4 Å². The van der Waals surface area contributed by atoms with Crippen LogP contribution in [0.5, 0.6) is 0 Å². The van der Waals surface area contributed by atoms with E-state index >= 15 is 0 Å². The summed E-state index contributed by atoms with van der Waals surface area (Å²) in [5.74, 6) is 0.519. The highest BCUT2D eigenvalue weighted by Gasteiger charge is 2.24. The fourth-order valence-corrected chi connectivity index (χ4v) is 1.72. The number of rotatable bonds is 0. The number of nitrogens with zero attached hydrogens (tertiary/aromatic N) is 1. The molecule has 70 valence electrons. The number of hydrogen-bond donors (Lipinski definition) is 2. The van der Waals surface area contributed by atoms with Crippen LogP contribution in [0.4, 0.5) is 4.79 Å². The maximum Gasteiger partial charge on any atom is 0.317 e. The first-order valence-electron chi connectivity index (χ1n) is 4.35. The molecule has 3 N–H and O–H groups in total. The second-order valence-electron chi connectivity index (χ2n) is 3.56. The molecule has 0 spiro atoms. The Balaban J connectivity index is 2.49. The minimum Gasteiger partial charge on any atom is -0.341 e. The van der Waals surface area contributed by atoms with Crippen LogP contribution >= 0.6 is 0 Å². The summed E-state index contributed by atoms with van der Waals surface area (Å²) in [4.78, 5) is 13.0. The average molecular weight is 171 g/mol. The third kappa shape index (κ3) is 2.11. The van der Waals surface area contributed by atoms with Gasteiger partial charge in [-0.2, -0.15) is 0 Å². The van der Waals surface area contributed by atoms with Gasteiger partial charge >= 0.3 is 6.03 Å². The Morgan fingerprint density at radius 2 is 2.25 bits per heavy atom. The first-order valence-corrected chi connectivity index (χ1v) is 4.35. The van der Waals surface area contributed by atoms with Gasteiger partial charge < -0.3 is 16.0 Å². The van der Waals surface area contributed by atoms with Gasteiger partial charge in [0.25, 0.3) is 0 Å². The zero-order valence-corrected chi connectivity index (χ0v) is 7.71. The van der Waals surface area contributed by atoms with Gasteiger partial charge in [0.1, 0.15) is 0 Å². The molecule has 12 heavy (non-hydrogen) atoms. The van der Waals surface area contributed by atoms with Gasteiger partial charge in [-0.25, -0.2) is 4.79 Å². The average Bonchev–Trinajstić information content (AvgIpc) is 2.01. The largest absolute Gasteiger partial charge is 0.341 e. The molecule has 0 bridgehead atoms. The monoisotopic (exact) mass is 171 g/mol. The van der Waals surface area contributed by atoms with Crippen molar-refractivity contribution < 1.29 is 4.79 Å². The molecule has 4 heteroatoms. The summed E-state index contributed by atoms with van der Waals surface area (Å²) in [6, 6.07) is 0.128. The van der Waals surface area contributed by atoms with Crippen molar-refractivity contribution in [3.63, 3.8) is 0 Å². The lowest BCUT2D eigenvalue weighted by atomic mass is 9.97. The van der Waals surface area contributed by atoms with Gasteiger partial charge in [0.05, 0.1) is 0 Å². The Kier molecular flexibility index (Phi) is 2.92. The van der Waals surface area contributed by atoms with E-state index in [1.807, 2.05) is 0 Å². The van der Waals surface area contributed by atoms with E-state index in [4.69, 9.17) is 5.73 Å². The van der Waals surface area contributed by atoms with Gasteiger partial charge in [0.2, 0.25) is 0 Å². The van der Waals surface area contributed by atoms with Crippen LogP contribution in [0.1, 0.15) is 13.3 Å². The number of hydrogen-bond acceptors (Lipinski definition) is 2. The summed E-state index contributed by atoms with van der Waals surface area (Å²) in [6.07, 6.45) is 1.02. The summed E-state index contributed by atoms with van der Waals surface area (Å²) in [7, 11) is 1.65. The number of urea groups is 1. The smallest absolute Gasteiger partial charge is 0.317 e. The number of carbonyl (C=O) groups excluding carboxylic acids is 1. The van der Waals surface area contributed by atoms with Gasteiger partial charge in [-0.15, -0.1) is 0 Å². The van der Waals surface area contributed by atoms with Crippen molar-refractivity contribution in [3.05, 3.63) is 0 Å². The van der Waals surface area contributed by atoms with Crippen LogP contribution in [0.15, 0.2) is 0 Å². The molecule has 0 aromatic rings. The van der Waals surface area contributed by atoms with Crippen LogP contribution < -0.4 is 11.1 Å². The van der Waals surface area contributed by atoms with Crippen molar-refractivity contribution in [3.8, 4) is 0 Å². The number of carbonyl (C=O) groups is 1. The summed E-state index contributed by atoms with van der Waals surface area (Å²) in [5, 5.41) is 2.61. The predicted molar refractivity (Wildman–Crippen MR) is 47.8 cm³/mol. The van der Waals surface area contributed by atoms with E-state index in [-0.39, 0.29) is 12.1 Å². The van der Waals surface area contributed by atoms with Crippen LogP contribution in [-0.2, 0) is 0 Å². The van der Waals surface area contributed by atoms with Crippen LogP contribution in [0.3, 0.4) is 0 Å². The second kappa shape index (κ2) is 3.76. The van der Waals surface area contributed by atoms with E-state index in [2.05, 4.69) is 12.2 Å². The van der Waals surface area contributed by atoms with Gasteiger partial charge in [-0.3, -0.25) is 0 Å². The number of amides is 2. The molecule has 0 aliphatic carbocycles. The molecule has 0 radical (unpaired) electrons. The summed E-state index contributed by atoms with van der Waals surface area (Å²) in [6.45, 7) is 3.63. The Morgan fingerprint density at radius 3 is 2.75 bits per heavy atom. The quantitative estimate of drug-likeness (QED) is 0.539. The molecule has 2 unspecified atom stereocenters. The molecule has 1 fully saturated rings. The van der Waals surface area contributed by atoms with E-state index in [0.29, 0.717) is 12.5 Å². The summed E-state index contributed by atoms with van der Waals surface area (Å²) >= 11 is 0. The first kappa shape index (κ1) is 9.32. The molecule has 1 heterocycles. The van der Waals surface area contributed by atoms with E-state index in [1.54, 1.807) is 11.9 Å². The first-order chi connectivity index (χ1) is 5.63. The summed E-state index contributed by atoms with van der Waals surface area (Å²) in [5.41, 5.74) is 5.79. The lowest BCUT2D eigenvalue weighted by Gasteiger charge is -2.34. The molecule has 1 saturated heterocycles.